The first kappa shape index (κ1) is 21.2. The number of ether oxygens (including phenoxy) is 1. The maximum Gasteiger partial charge on any atom is 0.258 e. The minimum absolute atomic E-state index is 0. The SMILES string of the molecule is CCOc1cccc([C@@H](C(F)F)N2CCNCC2)c1O.Cl.Cl. The summed E-state index contributed by atoms with van der Waals surface area (Å²) >= 11 is 0. The number of nitrogens with one attached hydrogen (secondary N) is 1. The summed E-state index contributed by atoms with van der Waals surface area (Å²) in [6.45, 7) is 4.59. The molecule has 1 fully saturated rings. The van der Waals surface area contributed by atoms with Crippen molar-refractivity contribution in [3.05, 3.63) is 23.8 Å². The quantitative estimate of drug-likeness (QED) is 0.849. The number of hydrogen-bond donors (Lipinski definition) is 2. The molecule has 1 aromatic rings. The van der Waals surface area contributed by atoms with Gasteiger partial charge in [-0.25, -0.2) is 8.78 Å². The maximum absolute atomic E-state index is 13.5. The number of piperazine rings is 1. The Labute approximate surface area is 141 Å². The number of phenolic OH excluding ortho intramolecular Hbond substituents is 1. The minimum Gasteiger partial charge on any atom is -0.504 e. The molecule has 0 radical (unpaired) electrons. The highest BCUT2D eigenvalue weighted by molar-refractivity contribution is 5.85. The van der Waals surface area contributed by atoms with E-state index in [1.165, 1.54) is 6.07 Å². The molecule has 1 aliphatic heterocycles. The molecule has 0 saturated carbocycles. The molecule has 0 unspecified atom stereocenters. The van der Waals surface area contributed by atoms with Gasteiger partial charge in [-0.1, -0.05) is 12.1 Å². The molecule has 0 aliphatic carbocycles. The number of para-hydroxylation sites is 1. The van der Waals surface area contributed by atoms with E-state index in [1.807, 2.05) is 0 Å². The first-order valence-corrected chi connectivity index (χ1v) is 6.82. The molecule has 4 nitrogen and oxygen atoms in total. The maximum atomic E-state index is 13.5. The standard InChI is InChI=1S/C14H20F2N2O2.2ClH/c1-2-20-11-5-3-4-10(13(11)19)12(14(15)16)18-8-6-17-7-9-18;;/h3-5,12,14,17,19H,2,6-9H2,1H3;2*1H/t12-;;/m0../s1. The smallest absolute Gasteiger partial charge is 0.258 e. The Morgan fingerprint density at radius 2 is 1.91 bits per heavy atom. The first-order chi connectivity index (χ1) is 9.65. The van der Waals surface area contributed by atoms with E-state index >= 15 is 0 Å². The van der Waals surface area contributed by atoms with Gasteiger partial charge in [0.05, 0.1) is 6.61 Å². The fourth-order valence-corrected chi connectivity index (χ4v) is 2.50. The lowest BCUT2D eigenvalue weighted by molar-refractivity contribution is 0.0168. The van der Waals surface area contributed by atoms with Crippen molar-refractivity contribution >= 4 is 24.8 Å². The highest BCUT2D eigenvalue weighted by atomic mass is 35.5. The molecule has 2 N–H and O–H groups in total. The molecule has 0 spiro atoms. The molecule has 1 aliphatic rings. The minimum atomic E-state index is -2.56. The molecule has 128 valence electrons. The molecule has 0 aromatic heterocycles. The van der Waals surface area contributed by atoms with Crippen LogP contribution in [0.1, 0.15) is 18.5 Å². The summed E-state index contributed by atoms with van der Waals surface area (Å²) in [5.74, 6) is 0.0731. The lowest BCUT2D eigenvalue weighted by Gasteiger charge is -2.35. The van der Waals surface area contributed by atoms with Crippen LogP contribution in [-0.2, 0) is 0 Å². The monoisotopic (exact) mass is 358 g/mol. The summed E-state index contributed by atoms with van der Waals surface area (Å²) in [6, 6.07) is 3.66. The fourth-order valence-electron chi connectivity index (χ4n) is 2.50. The van der Waals surface area contributed by atoms with Crippen molar-refractivity contribution in [1.29, 1.82) is 0 Å². The molecule has 1 heterocycles. The van der Waals surface area contributed by atoms with E-state index in [2.05, 4.69) is 5.32 Å². The number of nitrogens with zero attached hydrogens (tertiary/aromatic N) is 1. The second kappa shape index (κ2) is 10.0. The van der Waals surface area contributed by atoms with Gasteiger partial charge in [-0.05, 0) is 13.0 Å². The van der Waals surface area contributed by atoms with Crippen molar-refractivity contribution in [3.63, 3.8) is 0 Å². The third-order valence-electron chi connectivity index (χ3n) is 3.43. The Balaban J connectivity index is 0.00000220. The van der Waals surface area contributed by atoms with Crippen molar-refractivity contribution in [3.8, 4) is 11.5 Å². The molecule has 1 saturated heterocycles. The van der Waals surface area contributed by atoms with Gasteiger partial charge in [-0.15, -0.1) is 24.8 Å². The van der Waals surface area contributed by atoms with Crippen molar-refractivity contribution in [2.24, 2.45) is 0 Å². The average Bonchev–Trinajstić information content (AvgIpc) is 2.44. The number of halogens is 4. The van der Waals surface area contributed by atoms with E-state index in [4.69, 9.17) is 4.74 Å². The van der Waals surface area contributed by atoms with Gasteiger partial charge in [0.2, 0.25) is 0 Å². The molecule has 1 aromatic carbocycles. The zero-order valence-corrected chi connectivity index (χ0v) is 13.9. The predicted octanol–water partition coefficient (Wildman–Crippen LogP) is 2.85. The average molecular weight is 359 g/mol. The fraction of sp³-hybridized carbons (Fsp3) is 0.571. The van der Waals surface area contributed by atoms with Crippen molar-refractivity contribution < 1.29 is 18.6 Å². The highest BCUT2D eigenvalue weighted by Crippen LogP contribution is 2.38. The van der Waals surface area contributed by atoms with Crippen LogP contribution < -0.4 is 10.1 Å². The number of phenols is 1. The zero-order valence-electron chi connectivity index (χ0n) is 12.3. The van der Waals surface area contributed by atoms with Crippen LogP contribution in [0, 0.1) is 0 Å². The van der Waals surface area contributed by atoms with Crippen LogP contribution in [0.15, 0.2) is 18.2 Å². The zero-order chi connectivity index (χ0) is 14.5. The van der Waals surface area contributed by atoms with E-state index in [0.717, 1.165) is 0 Å². The number of rotatable bonds is 5. The Kier molecular flexibility index (Phi) is 9.67. The second-order valence-corrected chi connectivity index (χ2v) is 4.69. The summed E-state index contributed by atoms with van der Waals surface area (Å²) in [5, 5.41) is 13.3. The number of benzene rings is 1. The third-order valence-corrected chi connectivity index (χ3v) is 3.43. The van der Waals surface area contributed by atoms with Gasteiger partial charge in [0.25, 0.3) is 6.43 Å². The summed E-state index contributed by atoms with van der Waals surface area (Å²) in [5.41, 5.74) is 0.229. The Hall–Kier alpha value is -0.820. The molecule has 2 rings (SSSR count). The molecule has 0 amide bonds. The normalized spacial score (nSPS) is 16.5. The Bertz CT molecular complexity index is 447. The van der Waals surface area contributed by atoms with Gasteiger partial charge in [0.1, 0.15) is 6.04 Å². The number of alkyl halides is 2. The van der Waals surface area contributed by atoms with Gasteiger partial charge in [-0.2, -0.15) is 0 Å². The van der Waals surface area contributed by atoms with E-state index in [-0.39, 0.29) is 41.9 Å². The topological polar surface area (TPSA) is 44.7 Å². The van der Waals surface area contributed by atoms with Crippen LogP contribution in [0.4, 0.5) is 8.78 Å². The number of hydrogen-bond acceptors (Lipinski definition) is 4. The lowest BCUT2D eigenvalue weighted by Crippen LogP contribution is -2.46. The summed E-state index contributed by atoms with van der Waals surface area (Å²) < 4.78 is 32.2. The summed E-state index contributed by atoms with van der Waals surface area (Å²) in [7, 11) is 0. The van der Waals surface area contributed by atoms with E-state index in [9.17, 15) is 13.9 Å². The van der Waals surface area contributed by atoms with Crippen molar-refractivity contribution in [2.75, 3.05) is 32.8 Å². The molecule has 1 atom stereocenters. The van der Waals surface area contributed by atoms with E-state index in [1.54, 1.807) is 24.0 Å². The molecule has 22 heavy (non-hydrogen) atoms. The van der Waals surface area contributed by atoms with E-state index in [0.29, 0.717) is 32.8 Å². The van der Waals surface area contributed by atoms with Gasteiger partial charge in [-0.3, -0.25) is 4.90 Å². The highest BCUT2D eigenvalue weighted by Gasteiger charge is 2.32. The van der Waals surface area contributed by atoms with Gasteiger partial charge in [0.15, 0.2) is 11.5 Å². The summed E-state index contributed by atoms with van der Waals surface area (Å²) in [4.78, 5) is 1.70. The molecular formula is C14H22Cl2F2N2O2. The van der Waals surface area contributed by atoms with Gasteiger partial charge in [0, 0.05) is 31.7 Å². The molecule has 8 heteroatoms. The van der Waals surface area contributed by atoms with Crippen LogP contribution >= 0.6 is 24.8 Å². The Morgan fingerprint density at radius 1 is 1.27 bits per heavy atom. The van der Waals surface area contributed by atoms with Gasteiger partial charge < -0.3 is 15.2 Å². The van der Waals surface area contributed by atoms with Crippen LogP contribution in [0.25, 0.3) is 0 Å². The van der Waals surface area contributed by atoms with E-state index < -0.39 is 12.5 Å². The lowest BCUT2D eigenvalue weighted by atomic mass is 10.0. The molecule has 0 bridgehead atoms. The van der Waals surface area contributed by atoms with Crippen LogP contribution in [-0.4, -0.2) is 49.2 Å². The van der Waals surface area contributed by atoms with Crippen molar-refractivity contribution in [1.82, 2.24) is 10.2 Å². The van der Waals surface area contributed by atoms with Crippen LogP contribution in [0.2, 0.25) is 0 Å². The van der Waals surface area contributed by atoms with Crippen LogP contribution in [0.5, 0.6) is 11.5 Å². The second-order valence-electron chi connectivity index (χ2n) is 4.69. The van der Waals surface area contributed by atoms with Crippen molar-refractivity contribution in [2.45, 2.75) is 19.4 Å². The first-order valence-electron chi connectivity index (χ1n) is 6.82. The third kappa shape index (κ3) is 4.84. The summed E-state index contributed by atoms with van der Waals surface area (Å²) in [6.07, 6.45) is -2.56. The number of aromatic hydroxyl groups is 1. The largest absolute Gasteiger partial charge is 0.504 e. The van der Waals surface area contributed by atoms with Gasteiger partial charge >= 0.3 is 0 Å². The Morgan fingerprint density at radius 3 is 2.45 bits per heavy atom. The molecular weight excluding hydrogens is 337 g/mol. The van der Waals surface area contributed by atoms with Crippen LogP contribution in [0.3, 0.4) is 0 Å². The predicted molar refractivity (Wildman–Crippen MR) is 87.0 cm³/mol.